The molecule has 1 aliphatic rings. The third-order valence-corrected chi connectivity index (χ3v) is 6.48. The van der Waals surface area contributed by atoms with E-state index in [9.17, 15) is 4.79 Å². The maximum absolute atomic E-state index is 13.8. The molecule has 1 fully saturated rings. The largest absolute Gasteiger partial charge is 0.451 e. The van der Waals surface area contributed by atoms with E-state index >= 15 is 0 Å². The monoisotopic (exact) mass is 435 g/mol. The molecular formula is C26H21N5O2. The van der Waals surface area contributed by atoms with Crippen molar-refractivity contribution in [2.75, 3.05) is 0 Å². The summed E-state index contributed by atoms with van der Waals surface area (Å²) in [5.74, 6) is 0.956. The van der Waals surface area contributed by atoms with Crippen LogP contribution in [0.2, 0.25) is 0 Å². The van der Waals surface area contributed by atoms with Gasteiger partial charge in [-0.2, -0.15) is 0 Å². The molecule has 162 valence electrons. The third-order valence-electron chi connectivity index (χ3n) is 6.48. The summed E-state index contributed by atoms with van der Waals surface area (Å²) < 4.78 is 8.07. The number of benzene rings is 2. The van der Waals surface area contributed by atoms with Gasteiger partial charge in [0.05, 0.1) is 10.9 Å². The molecule has 1 saturated carbocycles. The summed E-state index contributed by atoms with van der Waals surface area (Å²) in [6.45, 7) is 0. The first kappa shape index (κ1) is 19.6. The van der Waals surface area contributed by atoms with Crippen LogP contribution in [0.1, 0.15) is 24.8 Å². The first-order valence-electron chi connectivity index (χ1n) is 10.9. The molecule has 0 amide bonds. The molecule has 0 aliphatic heterocycles. The van der Waals surface area contributed by atoms with Gasteiger partial charge in [-0.25, -0.2) is 4.98 Å². The number of nitrogens with zero attached hydrogens (tertiary/aromatic N) is 4. The highest BCUT2D eigenvalue weighted by atomic mass is 16.3. The summed E-state index contributed by atoms with van der Waals surface area (Å²) in [7, 11) is 0. The maximum Gasteiger partial charge on any atom is 0.201 e. The van der Waals surface area contributed by atoms with Crippen LogP contribution in [0.15, 0.2) is 88.7 Å². The fraction of sp³-hybridized carbons (Fsp3) is 0.154. The molecule has 0 unspecified atom stereocenters. The van der Waals surface area contributed by atoms with E-state index in [1.54, 1.807) is 16.8 Å². The van der Waals surface area contributed by atoms with Crippen LogP contribution in [-0.4, -0.2) is 19.7 Å². The van der Waals surface area contributed by atoms with Gasteiger partial charge in [0.1, 0.15) is 18.4 Å². The summed E-state index contributed by atoms with van der Waals surface area (Å²) in [5, 5.41) is 8.16. The second-order valence-corrected chi connectivity index (χ2v) is 8.47. The van der Waals surface area contributed by atoms with Gasteiger partial charge in [-0.15, -0.1) is 10.2 Å². The lowest BCUT2D eigenvalue weighted by Crippen LogP contribution is -2.43. The van der Waals surface area contributed by atoms with Crippen molar-refractivity contribution in [2.45, 2.75) is 24.8 Å². The molecule has 1 aliphatic carbocycles. The molecular weight excluding hydrogens is 414 g/mol. The lowest BCUT2D eigenvalue weighted by atomic mass is 9.72. The summed E-state index contributed by atoms with van der Waals surface area (Å²) in [6, 6.07) is 19.3. The Labute approximate surface area is 189 Å². The predicted molar refractivity (Wildman–Crippen MR) is 126 cm³/mol. The molecule has 0 radical (unpaired) electrons. The second-order valence-electron chi connectivity index (χ2n) is 8.47. The van der Waals surface area contributed by atoms with Gasteiger partial charge in [0.15, 0.2) is 11.4 Å². The smallest absolute Gasteiger partial charge is 0.201 e. The highest BCUT2D eigenvalue weighted by molar-refractivity contribution is 5.91. The van der Waals surface area contributed by atoms with Crippen molar-refractivity contribution in [3.8, 4) is 28.3 Å². The van der Waals surface area contributed by atoms with Gasteiger partial charge in [-0.3, -0.25) is 9.36 Å². The summed E-state index contributed by atoms with van der Waals surface area (Å²) in [5.41, 5.74) is 9.73. The topological polar surface area (TPSA) is 99.8 Å². The lowest BCUT2D eigenvalue weighted by Gasteiger charge is -2.38. The number of rotatable bonds is 4. The van der Waals surface area contributed by atoms with Crippen molar-refractivity contribution >= 4 is 11.0 Å². The molecule has 0 saturated heterocycles. The van der Waals surface area contributed by atoms with Crippen LogP contribution in [0, 0.1) is 0 Å². The van der Waals surface area contributed by atoms with Crippen molar-refractivity contribution < 1.29 is 4.42 Å². The van der Waals surface area contributed by atoms with E-state index in [4.69, 9.17) is 10.2 Å². The van der Waals surface area contributed by atoms with Gasteiger partial charge < -0.3 is 10.2 Å². The SMILES string of the molecule is NC1(c2ccc(-c3c(-c4ccccc4)oc4c(-n5cnnc5)nccc4c3=O)cc2)CCC1. The Kier molecular flexibility index (Phi) is 4.45. The molecule has 2 N–H and O–H groups in total. The van der Waals surface area contributed by atoms with E-state index in [0.29, 0.717) is 28.1 Å². The van der Waals surface area contributed by atoms with E-state index in [-0.39, 0.29) is 11.0 Å². The fourth-order valence-corrected chi connectivity index (χ4v) is 4.47. The summed E-state index contributed by atoms with van der Waals surface area (Å²) in [4.78, 5) is 18.3. The fourth-order valence-electron chi connectivity index (χ4n) is 4.47. The Morgan fingerprint density at radius 1 is 0.909 bits per heavy atom. The van der Waals surface area contributed by atoms with Gasteiger partial charge in [-0.05, 0) is 36.5 Å². The number of hydrogen-bond acceptors (Lipinski definition) is 6. The minimum atomic E-state index is -0.256. The Morgan fingerprint density at radius 2 is 1.64 bits per heavy atom. The first-order valence-corrected chi connectivity index (χ1v) is 10.9. The minimum Gasteiger partial charge on any atom is -0.451 e. The molecule has 3 heterocycles. The Bertz CT molecular complexity index is 1500. The number of hydrogen-bond donors (Lipinski definition) is 1. The zero-order valence-corrected chi connectivity index (χ0v) is 17.8. The van der Waals surface area contributed by atoms with Gasteiger partial charge in [0, 0.05) is 17.3 Å². The highest BCUT2D eigenvalue weighted by Gasteiger charge is 2.34. The van der Waals surface area contributed by atoms with Crippen molar-refractivity contribution in [3.63, 3.8) is 0 Å². The average molecular weight is 435 g/mol. The molecule has 0 bridgehead atoms. The van der Waals surface area contributed by atoms with E-state index in [1.807, 2.05) is 54.6 Å². The Balaban J connectivity index is 1.61. The average Bonchev–Trinajstić information content (AvgIpc) is 3.38. The number of pyridine rings is 1. The van der Waals surface area contributed by atoms with E-state index in [0.717, 1.165) is 36.0 Å². The molecule has 7 nitrogen and oxygen atoms in total. The minimum absolute atomic E-state index is 0.120. The second kappa shape index (κ2) is 7.50. The van der Waals surface area contributed by atoms with Gasteiger partial charge in [0.2, 0.25) is 5.43 Å². The normalized spacial score (nSPS) is 14.8. The third kappa shape index (κ3) is 3.16. The van der Waals surface area contributed by atoms with Crippen molar-refractivity contribution in [1.29, 1.82) is 0 Å². The van der Waals surface area contributed by atoms with Crippen molar-refractivity contribution in [2.24, 2.45) is 5.73 Å². The zero-order chi connectivity index (χ0) is 22.4. The quantitative estimate of drug-likeness (QED) is 0.448. The molecule has 3 aromatic heterocycles. The van der Waals surface area contributed by atoms with Crippen LogP contribution in [0.5, 0.6) is 0 Å². The lowest BCUT2D eigenvalue weighted by molar-refractivity contribution is 0.253. The van der Waals surface area contributed by atoms with Gasteiger partial charge >= 0.3 is 0 Å². The van der Waals surface area contributed by atoms with Crippen LogP contribution >= 0.6 is 0 Å². The van der Waals surface area contributed by atoms with Crippen LogP contribution in [0.25, 0.3) is 39.2 Å². The van der Waals surface area contributed by atoms with Crippen molar-refractivity contribution in [3.05, 3.63) is 95.3 Å². The first-order chi connectivity index (χ1) is 16.1. The number of nitrogens with two attached hydrogens (primary N) is 1. The van der Waals surface area contributed by atoms with Crippen LogP contribution in [0.3, 0.4) is 0 Å². The summed E-state index contributed by atoms with van der Waals surface area (Å²) in [6.07, 6.45) is 7.77. The van der Waals surface area contributed by atoms with E-state index in [2.05, 4.69) is 15.2 Å². The molecule has 2 aromatic carbocycles. The number of fused-ring (bicyclic) bond motifs is 1. The van der Waals surface area contributed by atoms with Gasteiger partial charge in [-0.1, -0.05) is 54.6 Å². The standard InChI is InChI=1S/C26H21N5O2/c27-26(12-4-13-26)19-9-7-17(8-10-19)21-22(32)20-11-14-28-25(31-15-29-30-16-31)24(20)33-23(21)18-5-2-1-3-6-18/h1-3,5-11,14-16H,4,12-13,27H2. The number of aromatic nitrogens is 4. The Morgan fingerprint density at radius 3 is 2.30 bits per heavy atom. The Hall–Kier alpha value is -4.10. The highest BCUT2D eigenvalue weighted by Crippen LogP contribution is 2.40. The molecule has 0 spiro atoms. The van der Waals surface area contributed by atoms with E-state index in [1.165, 1.54) is 12.7 Å². The predicted octanol–water partition coefficient (Wildman–Crippen LogP) is 4.44. The van der Waals surface area contributed by atoms with E-state index < -0.39 is 0 Å². The molecule has 7 heteroatoms. The zero-order valence-electron chi connectivity index (χ0n) is 17.8. The van der Waals surface area contributed by atoms with Gasteiger partial charge in [0.25, 0.3) is 0 Å². The molecule has 5 aromatic rings. The van der Waals surface area contributed by atoms with Crippen molar-refractivity contribution in [1.82, 2.24) is 19.7 Å². The summed E-state index contributed by atoms with van der Waals surface area (Å²) >= 11 is 0. The maximum atomic E-state index is 13.8. The molecule has 6 rings (SSSR count). The molecule has 0 atom stereocenters. The van der Waals surface area contributed by atoms with Crippen LogP contribution < -0.4 is 11.2 Å². The van der Waals surface area contributed by atoms with Crippen LogP contribution in [0.4, 0.5) is 0 Å². The van der Waals surface area contributed by atoms with Crippen LogP contribution in [-0.2, 0) is 5.54 Å². The molecule has 33 heavy (non-hydrogen) atoms.